The first-order valence-electron chi connectivity index (χ1n) is 6.87. The summed E-state index contributed by atoms with van der Waals surface area (Å²) in [6.45, 7) is 3.12. The van der Waals surface area contributed by atoms with Crippen molar-refractivity contribution in [3.05, 3.63) is 29.3 Å². The Balaban J connectivity index is 2.67. The molecule has 1 aromatic rings. The maximum absolute atomic E-state index is 12.5. The molecule has 1 aromatic carbocycles. The maximum atomic E-state index is 12.5. The molecule has 130 valence electrons. The van der Waals surface area contributed by atoms with Crippen LogP contribution in [0, 0.1) is 12.8 Å². The highest BCUT2D eigenvalue weighted by Gasteiger charge is 2.51. The summed E-state index contributed by atoms with van der Waals surface area (Å²) in [5.41, 5.74) is 2.62. The highest BCUT2D eigenvalue weighted by Crippen LogP contribution is 2.31. The van der Waals surface area contributed by atoms with E-state index in [1.165, 1.54) is 26.2 Å². The van der Waals surface area contributed by atoms with Crippen molar-refractivity contribution in [2.75, 3.05) is 13.7 Å². The van der Waals surface area contributed by atoms with E-state index in [4.69, 9.17) is 10.5 Å². The van der Waals surface area contributed by atoms with Gasteiger partial charge in [0.1, 0.15) is 5.75 Å². The van der Waals surface area contributed by atoms with E-state index in [1.54, 1.807) is 13.0 Å². The Hall–Kier alpha value is -1.80. The predicted molar refractivity (Wildman–Crippen MR) is 77.0 cm³/mol. The van der Waals surface area contributed by atoms with Gasteiger partial charge in [-0.05, 0) is 36.6 Å². The van der Waals surface area contributed by atoms with Crippen molar-refractivity contribution in [1.29, 1.82) is 0 Å². The van der Waals surface area contributed by atoms with Gasteiger partial charge >= 0.3 is 12.1 Å². The van der Waals surface area contributed by atoms with Crippen LogP contribution >= 0.6 is 0 Å². The number of hydrogen-bond donors (Lipinski definition) is 2. The quantitative estimate of drug-likeness (QED) is 0.616. The molecule has 0 aliphatic carbocycles. The maximum Gasteiger partial charge on any atom is 0.430 e. The van der Waals surface area contributed by atoms with Gasteiger partial charge in [-0.2, -0.15) is 13.2 Å². The molecule has 8 heteroatoms. The number of carbonyl (C=O) groups excluding carboxylic acids is 1. The van der Waals surface area contributed by atoms with Crippen LogP contribution in [0.4, 0.5) is 13.2 Å². The molecule has 0 saturated carbocycles. The number of esters is 1. The van der Waals surface area contributed by atoms with Crippen molar-refractivity contribution in [3.63, 3.8) is 0 Å². The van der Waals surface area contributed by atoms with Crippen molar-refractivity contribution in [3.8, 4) is 5.75 Å². The third-order valence-electron chi connectivity index (χ3n) is 3.27. The van der Waals surface area contributed by atoms with E-state index in [0.29, 0.717) is 16.9 Å². The van der Waals surface area contributed by atoms with Crippen LogP contribution in [-0.2, 0) is 4.74 Å². The van der Waals surface area contributed by atoms with Gasteiger partial charge in [0.05, 0.1) is 19.3 Å². The number of methoxy groups -OCH3 is 1. The van der Waals surface area contributed by atoms with Crippen LogP contribution in [0.25, 0.3) is 0 Å². The van der Waals surface area contributed by atoms with Crippen LogP contribution in [0.5, 0.6) is 5.75 Å². The first-order valence-corrected chi connectivity index (χ1v) is 6.87. The summed E-state index contributed by atoms with van der Waals surface area (Å²) >= 11 is 0. The Bertz CT molecular complexity index is 558. The third-order valence-corrected chi connectivity index (χ3v) is 3.27. The van der Waals surface area contributed by atoms with Gasteiger partial charge in [0, 0.05) is 6.42 Å². The molecule has 0 saturated heterocycles. The highest BCUT2D eigenvalue weighted by molar-refractivity contribution is 5.89. The summed E-state index contributed by atoms with van der Waals surface area (Å²) < 4.78 is 47.6. The van der Waals surface area contributed by atoms with E-state index in [1.807, 2.05) is 0 Å². The molecule has 0 bridgehead atoms. The molecule has 0 heterocycles. The van der Waals surface area contributed by atoms with Crippen molar-refractivity contribution in [1.82, 2.24) is 0 Å². The topological polar surface area (TPSA) is 81.8 Å². The van der Waals surface area contributed by atoms with Crippen LogP contribution in [-0.4, -0.2) is 36.7 Å². The molecule has 2 atom stereocenters. The smallest absolute Gasteiger partial charge is 0.430 e. The van der Waals surface area contributed by atoms with Crippen LogP contribution in [0.1, 0.15) is 29.3 Å². The summed E-state index contributed by atoms with van der Waals surface area (Å²) in [5, 5.41) is 9.24. The molecule has 0 amide bonds. The molecular formula is C15H20F3NO4. The Morgan fingerprint density at radius 3 is 2.48 bits per heavy atom. The van der Waals surface area contributed by atoms with E-state index in [2.05, 4.69) is 4.74 Å². The predicted octanol–water partition coefficient (Wildman–Crippen LogP) is 2.40. The Morgan fingerprint density at radius 1 is 1.39 bits per heavy atom. The SMILES string of the molecule is COC(=O)c1ccc(OCC(C)CC(N)(O)C(F)(F)F)c(C)c1. The first-order chi connectivity index (χ1) is 10.5. The molecule has 3 N–H and O–H groups in total. The van der Waals surface area contributed by atoms with E-state index in [0.717, 1.165) is 0 Å². The van der Waals surface area contributed by atoms with Crippen LogP contribution in [0.15, 0.2) is 18.2 Å². The number of aryl methyl sites for hydroxylation is 1. The van der Waals surface area contributed by atoms with Gasteiger partial charge in [-0.1, -0.05) is 6.92 Å². The molecular weight excluding hydrogens is 315 g/mol. The molecule has 0 fully saturated rings. The van der Waals surface area contributed by atoms with Crippen LogP contribution < -0.4 is 10.5 Å². The minimum atomic E-state index is -4.90. The molecule has 2 unspecified atom stereocenters. The lowest BCUT2D eigenvalue weighted by Gasteiger charge is -2.28. The minimum absolute atomic E-state index is 0.0615. The van der Waals surface area contributed by atoms with Gasteiger partial charge in [-0.3, -0.25) is 5.73 Å². The molecule has 1 rings (SSSR count). The van der Waals surface area contributed by atoms with Gasteiger partial charge < -0.3 is 14.6 Å². The van der Waals surface area contributed by atoms with Gasteiger partial charge in [0.25, 0.3) is 0 Å². The Morgan fingerprint density at radius 2 is 2.00 bits per heavy atom. The zero-order valence-electron chi connectivity index (χ0n) is 13.1. The number of alkyl halides is 3. The molecule has 0 aromatic heterocycles. The second kappa shape index (κ2) is 7.18. The lowest BCUT2D eigenvalue weighted by Crippen LogP contribution is -2.54. The summed E-state index contributed by atoms with van der Waals surface area (Å²) in [6.07, 6.45) is -5.59. The lowest BCUT2D eigenvalue weighted by molar-refractivity contribution is -0.264. The van der Waals surface area contributed by atoms with Gasteiger partial charge in [0.15, 0.2) is 0 Å². The number of halogens is 3. The molecule has 5 nitrogen and oxygen atoms in total. The number of benzene rings is 1. The Labute approximate surface area is 132 Å². The van der Waals surface area contributed by atoms with Crippen molar-refractivity contribution in [2.24, 2.45) is 11.7 Å². The number of rotatable bonds is 6. The molecule has 0 aliphatic rings. The van der Waals surface area contributed by atoms with Crippen molar-refractivity contribution in [2.45, 2.75) is 32.2 Å². The zero-order valence-corrected chi connectivity index (χ0v) is 13.1. The second-order valence-corrected chi connectivity index (χ2v) is 5.51. The van der Waals surface area contributed by atoms with Crippen molar-refractivity contribution >= 4 is 5.97 Å². The number of ether oxygens (including phenoxy) is 2. The standard InChI is InChI=1S/C15H20F3NO4/c1-9(7-14(19,21)15(16,17)18)8-23-12-5-4-11(6-10(12)2)13(20)22-3/h4-6,9,21H,7-8,19H2,1-3H3. The normalized spacial score (nSPS) is 15.7. The molecule has 0 aliphatic heterocycles. The van der Waals surface area contributed by atoms with E-state index >= 15 is 0 Å². The van der Waals surface area contributed by atoms with E-state index in [-0.39, 0.29) is 6.61 Å². The minimum Gasteiger partial charge on any atom is -0.493 e. The van der Waals surface area contributed by atoms with E-state index < -0.39 is 30.2 Å². The number of nitrogens with two attached hydrogens (primary N) is 1. The monoisotopic (exact) mass is 335 g/mol. The zero-order chi connectivity index (χ0) is 17.8. The molecule has 0 spiro atoms. The van der Waals surface area contributed by atoms with Gasteiger partial charge in [0.2, 0.25) is 5.72 Å². The fraction of sp³-hybridized carbons (Fsp3) is 0.533. The van der Waals surface area contributed by atoms with Crippen molar-refractivity contribution < 1.29 is 32.5 Å². The third kappa shape index (κ3) is 5.11. The first kappa shape index (κ1) is 19.2. The number of hydrogen-bond acceptors (Lipinski definition) is 5. The number of aliphatic hydroxyl groups is 1. The van der Waals surface area contributed by atoms with Gasteiger partial charge in [-0.25, -0.2) is 4.79 Å². The van der Waals surface area contributed by atoms with Crippen LogP contribution in [0.2, 0.25) is 0 Å². The molecule has 0 radical (unpaired) electrons. The largest absolute Gasteiger partial charge is 0.493 e. The Kier molecular flexibility index (Phi) is 6.01. The fourth-order valence-corrected chi connectivity index (χ4v) is 1.99. The second-order valence-electron chi connectivity index (χ2n) is 5.51. The summed E-state index contributed by atoms with van der Waals surface area (Å²) in [4.78, 5) is 11.4. The summed E-state index contributed by atoms with van der Waals surface area (Å²) in [5.74, 6) is -0.699. The summed E-state index contributed by atoms with van der Waals surface area (Å²) in [6, 6.07) is 4.58. The average molecular weight is 335 g/mol. The summed E-state index contributed by atoms with van der Waals surface area (Å²) in [7, 11) is 1.26. The molecule has 23 heavy (non-hydrogen) atoms. The van der Waals surface area contributed by atoms with E-state index in [9.17, 15) is 23.1 Å². The average Bonchev–Trinajstić information content (AvgIpc) is 2.43. The highest BCUT2D eigenvalue weighted by atomic mass is 19.4. The fourth-order valence-electron chi connectivity index (χ4n) is 1.99. The van der Waals surface area contributed by atoms with Gasteiger partial charge in [-0.15, -0.1) is 0 Å². The lowest BCUT2D eigenvalue weighted by atomic mass is 9.99. The van der Waals surface area contributed by atoms with Crippen LogP contribution in [0.3, 0.4) is 0 Å². The number of carbonyl (C=O) groups is 1.